The summed E-state index contributed by atoms with van der Waals surface area (Å²) in [5.74, 6) is 0.568. The molecule has 1 heterocycles. The van der Waals surface area contributed by atoms with Gasteiger partial charge in [-0.15, -0.1) is 0 Å². The van der Waals surface area contributed by atoms with Crippen LogP contribution in [0.1, 0.15) is 39.0 Å². The Hall–Kier alpha value is -1.39. The molecular weight excluding hydrogens is 244 g/mol. The third kappa shape index (κ3) is 2.05. The summed E-state index contributed by atoms with van der Waals surface area (Å²) in [6, 6.07) is -0.468. The fourth-order valence-electron chi connectivity index (χ4n) is 4.06. The Morgan fingerprint density at radius 1 is 1.32 bits per heavy atom. The van der Waals surface area contributed by atoms with Gasteiger partial charge < -0.3 is 4.90 Å². The second-order valence-corrected chi connectivity index (χ2v) is 6.08. The fourth-order valence-corrected chi connectivity index (χ4v) is 4.06. The highest BCUT2D eigenvalue weighted by Crippen LogP contribution is 2.49. The molecule has 3 fully saturated rings. The normalized spacial score (nSPS) is 37.6. The lowest BCUT2D eigenvalue weighted by Crippen LogP contribution is -2.60. The molecule has 19 heavy (non-hydrogen) atoms. The van der Waals surface area contributed by atoms with E-state index in [9.17, 15) is 14.4 Å². The molecule has 4 unspecified atom stereocenters. The molecule has 104 valence electrons. The van der Waals surface area contributed by atoms with Crippen molar-refractivity contribution >= 4 is 17.7 Å². The third-order valence-electron chi connectivity index (χ3n) is 4.98. The second kappa shape index (κ2) is 4.62. The zero-order valence-corrected chi connectivity index (χ0v) is 11.2. The van der Waals surface area contributed by atoms with Gasteiger partial charge in [0.15, 0.2) is 0 Å². The number of hydrogen-bond donors (Lipinski definition) is 1. The van der Waals surface area contributed by atoms with Gasteiger partial charge in [-0.25, -0.2) is 0 Å². The summed E-state index contributed by atoms with van der Waals surface area (Å²) in [5.41, 5.74) is 0. The van der Waals surface area contributed by atoms with Gasteiger partial charge in [-0.1, -0.05) is 13.3 Å². The van der Waals surface area contributed by atoms with E-state index in [-0.39, 0.29) is 30.2 Å². The molecule has 4 atom stereocenters. The highest BCUT2D eigenvalue weighted by Gasteiger charge is 2.47. The predicted molar refractivity (Wildman–Crippen MR) is 67.9 cm³/mol. The van der Waals surface area contributed by atoms with Crippen LogP contribution >= 0.6 is 0 Å². The van der Waals surface area contributed by atoms with Crippen LogP contribution < -0.4 is 5.32 Å². The van der Waals surface area contributed by atoms with Gasteiger partial charge in [0.05, 0.1) is 0 Å². The number of rotatable bonds is 2. The molecule has 0 aromatic carbocycles. The third-order valence-corrected chi connectivity index (χ3v) is 4.98. The van der Waals surface area contributed by atoms with E-state index in [4.69, 9.17) is 0 Å². The summed E-state index contributed by atoms with van der Waals surface area (Å²) in [7, 11) is 0. The van der Waals surface area contributed by atoms with Gasteiger partial charge in [0, 0.05) is 5.92 Å². The molecule has 3 aliphatic rings. The maximum Gasteiger partial charge on any atom is 0.249 e. The minimum absolute atomic E-state index is 0.0299. The number of amides is 3. The molecule has 2 bridgehead atoms. The molecule has 1 aliphatic heterocycles. The van der Waals surface area contributed by atoms with Crippen LogP contribution in [0.5, 0.6) is 0 Å². The van der Waals surface area contributed by atoms with Gasteiger partial charge in [-0.2, -0.15) is 0 Å². The SMILES string of the molecule is CCC1C(=O)NC(=O)CN1C(=O)C1CC2CCC1C2. The Morgan fingerprint density at radius 3 is 2.68 bits per heavy atom. The molecule has 0 aromatic heterocycles. The number of carbonyl (C=O) groups is 3. The minimum atomic E-state index is -0.468. The number of nitrogens with one attached hydrogen (secondary N) is 1. The lowest BCUT2D eigenvalue weighted by Gasteiger charge is -2.36. The first kappa shape index (κ1) is 12.6. The van der Waals surface area contributed by atoms with Crippen molar-refractivity contribution in [3.63, 3.8) is 0 Å². The topological polar surface area (TPSA) is 66.5 Å². The molecule has 5 heteroatoms. The number of hydrogen-bond acceptors (Lipinski definition) is 3. The van der Waals surface area contributed by atoms with Crippen molar-refractivity contribution in [3.8, 4) is 0 Å². The molecule has 0 radical (unpaired) electrons. The number of imide groups is 1. The van der Waals surface area contributed by atoms with Crippen LogP contribution in [0.4, 0.5) is 0 Å². The van der Waals surface area contributed by atoms with Crippen LogP contribution in [-0.4, -0.2) is 35.2 Å². The van der Waals surface area contributed by atoms with Gasteiger partial charge in [0.2, 0.25) is 17.7 Å². The summed E-state index contributed by atoms with van der Waals surface area (Å²) >= 11 is 0. The van der Waals surface area contributed by atoms with Crippen LogP contribution in [0, 0.1) is 17.8 Å². The fraction of sp³-hybridized carbons (Fsp3) is 0.786. The van der Waals surface area contributed by atoms with Gasteiger partial charge in [-0.05, 0) is 37.5 Å². The Balaban J connectivity index is 1.77. The number of nitrogens with zero attached hydrogens (tertiary/aromatic N) is 1. The molecule has 2 saturated carbocycles. The van der Waals surface area contributed by atoms with Crippen LogP contribution in [0.2, 0.25) is 0 Å². The molecule has 2 aliphatic carbocycles. The zero-order chi connectivity index (χ0) is 13.6. The average molecular weight is 264 g/mol. The molecule has 0 aromatic rings. The Labute approximate surface area is 112 Å². The summed E-state index contributed by atoms with van der Waals surface area (Å²) in [6.45, 7) is 1.91. The molecule has 3 amide bonds. The number of piperazine rings is 1. The van der Waals surface area contributed by atoms with E-state index < -0.39 is 6.04 Å². The van der Waals surface area contributed by atoms with E-state index in [1.54, 1.807) is 0 Å². The van der Waals surface area contributed by atoms with Crippen molar-refractivity contribution < 1.29 is 14.4 Å². The first-order chi connectivity index (χ1) is 9.10. The number of carbonyl (C=O) groups excluding carboxylic acids is 3. The lowest BCUT2D eigenvalue weighted by molar-refractivity contribution is -0.153. The maximum atomic E-state index is 12.6. The zero-order valence-electron chi connectivity index (χ0n) is 11.2. The smallest absolute Gasteiger partial charge is 0.249 e. The van der Waals surface area contributed by atoms with Crippen molar-refractivity contribution in [1.29, 1.82) is 0 Å². The van der Waals surface area contributed by atoms with Crippen LogP contribution in [0.3, 0.4) is 0 Å². The summed E-state index contributed by atoms with van der Waals surface area (Å²) in [5, 5.41) is 2.32. The number of fused-ring (bicyclic) bond motifs is 2. The van der Waals surface area contributed by atoms with Gasteiger partial charge in [-0.3, -0.25) is 19.7 Å². The maximum absolute atomic E-state index is 12.6. The van der Waals surface area contributed by atoms with Gasteiger partial charge in [0.1, 0.15) is 12.6 Å². The highest BCUT2D eigenvalue weighted by molar-refractivity contribution is 6.04. The van der Waals surface area contributed by atoms with E-state index in [0.717, 1.165) is 19.3 Å². The highest BCUT2D eigenvalue weighted by atomic mass is 16.2. The molecule has 3 rings (SSSR count). The standard InChI is InChI=1S/C14H20N2O3/c1-2-11-13(18)15-12(17)7-16(11)14(19)10-6-8-3-4-9(10)5-8/h8-11H,2-7H2,1H3,(H,15,17,18). The largest absolute Gasteiger partial charge is 0.321 e. The second-order valence-electron chi connectivity index (χ2n) is 6.08. The van der Waals surface area contributed by atoms with Crippen LogP contribution in [0.15, 0.2) is 0 Å². The molecule has 1 N–H and O–H groups in total. The first-order valence-corrected chi connectivity index (χ1v) is 7.24. The van der Waals surface area contributed by atoms with E-state index >= 15 is 0 Å². The lowest BCUT2D eigenvalue weighted by atomic mass is 9.87. The summed E-state index contributed by atoms with van der Waals surface area (Å²) in [4.78, 5) is 37.5. The van der Waals surface area contributed by atoms with E-state index in [1.165, 1.54) is 11.3 Å². The molecule has 0 spiro atoms. The van der Waals surface area contributed by atoms with Crippen molar-refractivity contribution in [2.24, 2.45) is 17.8 Å². The molecule has 1 saturated heterocycles. The van der Waals surface area contributed by atoms with Crippen LogP contribution in [0.25, 0.3) is 0 Å². The van der Waals surface area contributed by atoms with E-state index in [2.05, 4.69) is 5.32 Å². The molecular formula is C14H20N2O3. The predicted octanol–water partition coefficient (Wildman–Crippen LogP) is 0.686. The Kier molecular flexibility index (Phi) is 3.07. The van der Waals surface area contributed by atoms with E-state index in [0.29, 0.717) is 18.3 Å². The Morgan fingerprint density at radius 2 is 2.11 bits per heavy atom. The van der Waals surface area contributed by atoms with Crippen molar-refractivity contribution in [2.45, 2.75) is 45.1 Å². The van der Waals surface area contributed by atoms with Gasteiger partial charge >= 0.3 is 0 Å². The Bertz CT molecular complexity index is 434. The molecule has 5 nitrogen and oxygen atoms in total. The first-order valence-electron chi connectivity index (χ1n) is 7.24. The van der Waals surface area contributed by atoms with E-state index in [1.807, 2.05) is 6.92 Å². The average Bonchev–Trinajstić information content (AvgIpc) is 2.99. The van der Waals surface area contributed by atoms with Crippen molar-refractivity contribution in [3.05, 3.63) is 0 Å². The summed E-state index contributed by atoms with van der Waals surface area (Å²) < 4.78 is 0. The summed E-state index contributed by atoms with van der Waals surface area (Å²) in [6.07, 6.45) is 5.04. The van der Waals surface area contributed by atoms with Crippen molar-refractivity contribution in [1.82, 2.24) is 10.2 Å². The minimum Gasteiger partial charge on any atom is -0.321 e. The van der Waals surface area contributed by atoms with Gasteiger partial charge in [0.25, 0.3) is 0 Å². The van der Waals surface area contributed by atoms with Crippen molar-refractivity contribution in [2.75, 3.05) is 6.54 Å². The quantitative estimate of drug-likeness (QED) is 0.746. The van der Waals surface area contributed by atoms with Crippen LogP contribution in [-0.2, 0) is 14.4 Å². The monoisotopic (exact) mass is 264 g/mol.